The zero-order valence-electron chi connectivity index (χ0n) is 13.8. The van der Waals surface area contributed by atoms with E-state index in [2.05, 4.69) is 0 Å². The van der Waals surface area contributed by atoms with E-state index in [0.717, 1.165) is 12.3 Å². The molecule has 26 heavy (non-hydrogen) atoms. The fourth-order valence-electron chi connectivity index (χ4n) is 3.79. The Morgan fingerprint density at radius 1 is 1.04 bits per heavy atom. The Labute approximate surface area is 153 Å². The summed E-state index contributed by atoms with van der Waals surface area (Å²) in [6.07, 6.45) is -9.94. The van der Waals surface area contributed by atoms with Gasteiger partial charge in [-0.05, 0) is 13.0 Å². The van der Waals surface area contributed by atoms with Gasteiger partial charge in [-0.25, -0.2) is 0 Å². The lowest BCUT2D eigenvalue weighted by Gasteiger charge is -2.45. The maximum absolute atomic E-state index is 10.8. The van der Waals surface area contributed by atoms with Crippen LogP contribution in [0, 0.1) is 5.92 Å². The summed E-state index contributed by atoms with van der Waals surface area (Å²) in [6.45, 7) is 0.742. The van der Waals surface area contributed by atoms with E-state index >= 15 is 0 Å². The van der Waals surface area contributed by atoms with Crippen LogP contribution in [0.3, 0.4) is 0 Å². The number of fused-ring (bicyclic) bond motifs is 1. The van der Waals surface area contributed by atoms with Crippen molar-refractivity contribution in [3.05, 3.63) is 12.3 Å². The van der Waals surface area contributed by atoms with E-state index in [1.165, 1.54) is 6.92 Å². The van der Waals surface area contributed by atoms with Crippen LogP contribution in [-0.2, 0) is 14.2 Å². The Balaban J connectivity index is 1.85. The molecule has 11 atom stereocenters. The first-order valence-corrected chi connectivity index (χ1v) is 8.50. The summed E-state index contributed by atoms with van der Waals surface area (Å²) in [5, 5.41) is 70.1. The summed E-state index contributed by atoms with van der Waals surface area (Å²) in [5.41, 5.74) is -1.97. The van der Waals surface area contributed by atoms with Crippen LogP contribution in [-0.4, -0.2) is 102 Å². The van der Waals surface area contributed by atoms with E-state index in [1.807, 2.05) is 0 Å². The second kappa shape index (κ2) is 6.82. The zero-order valence-corrected chi connectivity index (χ0v) is 14.5. The van der Waals surface area contributed by atoms with Gasteiger partial charge < -0.3 is 50.0 Å². The minimum atomic E-state index is -1.97. The molecule has 0 aromatic rings. The first kappa shape index (κ1) is 20.2. The van der Waals surface area contributed by atoms with Crippen LogP contribution in [0.25, 0.3) is 0 Å². The van der Waals surface area contributed by atoms with Gasteiger partial charge in [0, 0.05) is 0 Å². The molecule has 2 aliphatic heterocycles. The molecule has 150 valence electrons. The smallest absolute Gasteiger partial charge is 0.209 e. The Bertz CT molecular complexity index is 557. The van der Waals surface area contributed by atoms with Gasteiger partial charge in [0.1, 0.15) is 42.2 Å². The highest BCUT2D eigenvalue weighted by atomic mass is 35.5. The van der Waals surface area contributed by atoms with Crippen molar-refractivity contribution in [1.29, 1.82) is 0 Å². The number of aliphatic hydroxyl groups excluding tert-OH is 6. The van der Waals surface area contributed by atoms with Crippen LogP contribution < -0.4 is 0 Å². The maximum atomic E-state index is 10.8. The molecule has 0 aromatic heterocycles. The molecule has 1 unspecified atom stereocenters. The van der Waals surface area contributed by atoms with Gasteiger partial charge in [0.15, 0.2) is 6.29 Å². The summed E-state index contributed by atoms with van der Waals surface area (Å²) in [4.78, 5) is -1.56. The van der Waals surface area contributed by atoms with Crippen LogP contribution in [0.15, 0.2) is 12.3 Å². The van der Waals surface area contributed by atoms with Crippen molar-refractivity contribution in [3.63, 3.8) is 0 Å². The summed E-state index contributed by atoms with van der Waals surface area (Å²) < 4.78 is 16.1. The average Bonchev–Trinajstić information content (AvgIpc) is 2.73. The second-order valence-corrected chi connectivity index (χ2v) is 7.86. The monoisotopic (exact) mass is 398 g/mol. The van der Waals surface area contributed by atoms with Gasteiger partial charge in [0.2, 0.25) is 6.29 Å². The maximum Gasteiger partial charge on any atom is 0.209 e. The van der Waals surface area contributed by atoms with Gasteiger partial charge in [-0.2, -0.15) is 0 Å². The van der Waals surface area contributed by atoms with E-state index in [9.17, 15) is 35.7 Å². The Morgan fingerprint density at radius 3 is 2.31 bits per heavy atom. The number of hydrogen-bond acceptors (Lipinski definition) is 10. The lowest BCUT2D eigenvalue weighted by molar-refractivity contribution is -0.346. The third kappa shape index (κ3) is 2.85. The number of alkyl halides is 1. The van der Waals surface area contributed by atoms with Crippen LogP contribution in [0.2, 0.25) is 0 Å². The Kier molecular flexibility index (Phi) is 5.30. The van der Waals surface area contributed by atoms with E-state index in [-0.39, 0.29) is 0 Å². The number of aliphatic hydroxyl groups is 7. The predicted octanol–water partition coefficient (Wildman–Crippen LogP) is -3.25. The summed E-state index contributed by atoms with van der Waals surface area (Å²) in [6, 6.07) is 0. The van der Waals surface area contributed by atoms with Gasteiger partial charge in [-0.3, -0.25) is 0 Å². The van der Waals surface area contributed by atoms with Crippen molar-refractivity contribution in [3.8, 4) is 0 Å². The molecule has 1 saturated carbocycles. The van der Waals surface area contributed by atoms with Crippen molar-refractivity contribution >= 4 is 11.6 Å². The lowest BCUT2D eigenvalue weighted by atomic mass is 9.83. The minimum Gasteiger partial charge on any atom is -0.472 e. The zero-order chi connectivity index (χ0) is 19.4. The molecule has 3 aliphatic rings. The van der Waals surface area contributed by atoms with Crippen molar-refractivity contribution in [2.75, 3.05) is 6.61 Å². The summed E-state index contributed by atoms with van der Waals surface area (Å²) in [7, 11) is 0. The van der Waals surface area contributed by atoms with E-state index in [1.54, 1.807) is 0 Å². The quantitative estimate of drug-likeness (QED) is 0.240. The molecule has 1 aliphatic carbocycles. The molecule has 2 heterocycles. The molecular weight excluding hydrogens is 376 g/mol. The number of hydrogen-bond donors (Lipinski definition) is 7. The number of halogens is 1. The molecule has 11 heteroatoms. The standard InChI is InChI=1S/C15H23ClO10/c1-14(16)9-13(24-3-2-15(9,23)11(22)10(14)21)26-12-8(20)7(19)6(18)5(4-17)25-12/h2-3,5-13,17-23H,4H2,1H3/t5-,6-,7+,8-,9?,10+,11-,12+,13+,14+,15+/m1/s1. The van der Waals surface area contributed by atoms with E-state index < -0.39 is 72.2 Å². The van der Waals surface area contributed by atoms with Crippen LogP contribution in [0.5, 0.6) is 0 Å². The third-order valence-corrected chi connectivity index (χ3v) is 5.85. The van der Waals surface area contributed by atoms with Gasteiger partial charge >= 0.3 is 0 Å². The topological polar surface area (TPSA) is 169 Å². The molecule has 10 nitrogen and oxygen atoms in total. The second-order valence-electron chi connectivity index (χ2n) is 7.05. The van der Waals surface area contributed by atoms with E-state index in [4.69, 9.17) is 25.8 Å². The minimum absolute atomic E-state index is 0.645. The molecule has 0 aromatic carbocycles. The largest absolute Gasteiger partial charge is 0.472 e. The first-order chi connectivity index (χ1) is 12.1. The fraction of sp³-hybridized carbons (Fsp3) is 0.867. The van der Waals surface area contributed by atoms with Gasteiger partial charge in [0.05, 0.1) is 23.7 Å². The van der Waals surface area contributed by atoms with Crippen molar-refractivity contribution < 1.29 is 50.0 Å². The molecule has 3 rings (SSSR count). The Hall–Kier alpha value is -0.530. The summed E-state index contributed by atoms with van der Waals surface area (Å²) in [5.74, 6) is -1.17. The van der Waals surface area contributed by atoms with Gasteiger partial charge in [-0.1, -0.05) is 0 Å². The van der Waals surface area contributed by atoms with Gasteiger partial charge in [-0.15, -0.1) is 11.6 Å². The molecule has 0 radical (unpaired) electrons. The van der Waals surface area contributed by atoms with Crippen molar-refractivity contribution in [2.45, 2.75) is 66.6 Å². The lowest BCUT2D eigenvalue weighted by Crippen LogP contribution is -2.61. The first-order valence-electron chi connectivity index (χ1n) is 8.12. The highest BCUT2D eigenvalue weighted by Crippen LogP contribution is 2.52. The van der Waals surface area contributed by atoms with Gasteiger partial charge in [0.25, 0.3) is 0 Å². The molecular formula is C15H23ClO10. The molecule has 7 N–H and O–H groups in total. The summed E-state index contributed by atoms with van der Waals surface area (Å²) >= 11 is 6.34. The van der Waals surface area contributed by atoms with Crippen LogP contribution in [0.4, 0.5) is 0 Å². The molecule has 2 fully saturated rings. The number of ether oxygens (including phenoxy) is 3. The van der Waals surface area contributed by atoms with Crippen LogP contribution >= 0.6 is 11.6 Å². The van der Waals surface area contributed by atoms with Crippen molar-refractivity contribution in [1.82, 2.24) is 0 Å². The normalized spacial score (nSPS) is 56.9. The molecule has 0 amide bonds. The fourth-order valence-corrected chi connectivity index (χ4v) is 4.19. The molecule has 0 spiro atoms. The van der Waals surface area contributed by atoms with E-state index in [0.29, 0.717) is 0 Å². The third-order valence-electron chi connectivity index (χ3n) is 5.39. The average molecular weight is 399 g/mol. The SMILES string of the molecule is C[C@]1(Cl)C2[C@H](O[C@@H]3O[C@H](CO)[C@@H](O)[C@H](O)[C@H]3O)OC=C[C@@]2(O)[C@H](O)[C@@H]1O. The number of rotatable bonds is 3. The van der Waals surface area contributed by atoms with Crippen LogP contribution in [0.1, 0.15) is 6.92 Å². The Morgan fingerprint density at radius 2 is 1.69 bits per heavy atom. The predicted molar refractivity (Wildman–Crippen MR) is 83.6 cm³/mol. The van der Waals surface area contributed by atoms with Crippen molar-refractivity contribution in [2.24, 2.45) is 5.92 Å². The highest BCUT2D eigenvalue weighted by Gasteiger charge is 2.68. The highest BCUT2D eigenvalue weighted by molar-refractivity contribution is 6.24. The molecule has 1 saturated heterocycles. The molecule has 0 bridgehead atoms.